The van der Waals surface area contributed by atoms with E-state index in [2.05, 4.69) is 15.4 Å². The molecule has 1 N–H and O–H groups in total. The van der Waals surface area contributed by atoms with Crippen LogP contribution in [0.25, 0.3) is 0 Å². The van der Waals surface area contributed by atoms with Crippen LogP contribution in [-0.2, 0) is 16.1 Å². The van der Waals surface area contributed by atoms with Crippen LogP contribution in [0.5, 0.6) is 11.6 Å². The number of rotatable bonds is 12. The minimum Gasteiger partial charge on any atom is -0.492 e. The average Bonchev–Trinajstić information content (AvgIpc) is 3.26. The van der Waals surface area contributed by atoms with Crippen LogP contribution in [0.1, 0.15) is 12.0 Å². The van der Waals surface area contributed by atoms with E-state index in [4.69, 9.17) is 9.47 Å². The summed E-state index contributed by atoms with van der Waals surface area (Å²) in [5.74, 6) is 0.0567. The standard InChI is InChI=1S/C23H26N6O6/c1-17-5-7-19(8-6-17)34-13-11-27(2)22(31)16-28-15-18(14-25-28)26-21(30)9-12-35-23-20(29(32)33)4-3-10-24-23/h3-8,10,14-15H,9,11-13,16H2,1-2H3,(H,26,30). The van der Waals surface area contributed by atoms with Crippen molar-refractivity contribution in [1.29, 1.82) is 0 Å². The second-order valence-corrected chi connectivity index (χ2v) is 7.63. The predicted molar refractivity (Wildman–Crippen MR) is 126 cm³/mol. The molecule has 0 bridgehead atoms. The van der Waals surface area contributed by atoms with Crippen molar-refractivity contribution in [3.63, 3.8) is 0 Å². The lowest BCUT2D eigenvalue weighted by atomic mass is 10.2. The van der Waals surface area contributed by atoms with Crippen LogP contribution in [0, 0.1) is 17.0 Å². The first-order valence-electron chi connectivity index (χ1n) is 10.8. The maximum absolute atomic E-state index is 12.4. The molecule has 2 heterocycles. The second kappa shape index (κ2) is 12.1. The first kappa shape index (κ1) is 25.1. The highest BCUT2D eigenvalue weighted by Gasteiger charge is 2.16. The molecule has 0 radical (unpaired) electrons. The number of aryl methyl sites for hydroxylation is 1. The Balaban J connectivity index is 1.39. The van der Waals surface area contributed by atoms with E-state index in [9.17, 15) is 19.7 Å². The van der Waals surface area contributed by atoms with Gasteiger partial charge in [-0.05, 0) is 25.1 Å². The molecule has 0 aliphatic carbocycles. The van der Waals surface area contributed by atoms with Gasteiger partial charge in [-0.2, -0.15) is 5.10 Å². The molecule has 0 unspecified atom stereocenters. The fourth-order valence-corrected chi connectivity index (χ4v) is 2.93. The van der Waals surface area contributed by atoms with Gasteiger partial charge in [-0.1, -0.05) is 17.7 Å². The number of ether oxygens (including phenoxy) is 2. The van der Waals surface area contributed by atoms with Gasteiger partial charge < -0.3 is 19.7 Å². The molecular weight excluding hydrogens is 456 g/mol. The third kappa shape index (κ3) is 7.81. The van der Waals surface area contributed by atoms with Gasteiger partial charge in [-0.15, -0.1) is 0 Å². The summed E-state index contributed by atoms with van der Waals surface area (Å²) in [4.78, 5) is 40.3. The normalized spacial score (nSPS) is 10.5. The lowest BCUT2D eigenvalue weighted by Gasteiger charge is -2.17. The Kier molecular flexibility index (Phi) is 8.70. The van der Waals surface area contributed by atoms with E-state index in [0.29, 0.717) is 18.8 Å². The topological polar surface area (TPSA) is 142 Å². The van der Waals surface area contributed by atoms with Crippen LogP contribution < -0.4 is 14.8 Å². The summed E-state index contributed by atoms with van der Waals surface area (Å²) in [6, 6.07) is 10.4. The van der Waals surface area contributed by atoms with Crippen LogP contribution in [-0.4, -0.2) is 63.2 Å². The second-order valence-electron chi connectivity index (χ2n) is 7.63. The highest BCUT2D eigenvalue weighted by atomic mass is 16.6. The van der Waals surface area contributed by atoms with Crippen molar-refractivity contribution in [2.45, 2.75) is 19.9 Å². The highest BCUT2D eigenvalue weighted by Crippen LogP contribution is 2.22. The summed E-state index contributed by atoms with van der Waals surface area (Å²) in [5.41, 5.74) is 1.28. The summed E-state index contributed by atoms with van der Waals surface area (Å²) in [7, 11) is 1.68. The minimum atomic E-state index is -0.605. The number of nitrogens with zero attached hydrogens (tertiary/aromatic N) is 5. The van der Waals surface area contributed by atoms with Crippen LogP contribution in [0.15, 0.2) is 55.0 Å². The molecule has 0 saturated heterocycles. The van der Waals surface area contributed by atoms with Gasteiger partial charge in [0.1, 0.15) is 18.9 Å². The van der Waals surface area contributed by atoms with E-state index in [1.165, 1.54) is 35.4 Å². The summed E-state index contributed by atoms with van der Waals surface area (Å²) in [6.45, 7) is 2.67. The quantitative estimate of drug-likeness (QED) is 0.306. The Morgan fingerprint density at radius 1 is 1.17 bits per heavy atom. The van der Waals surface area contributed by atoms with Crippen molar-refractivity contribution >= 4 is 23.2 Å². The van der Waals surface area contributed by atoms with Crippen molar-refractivity contribution in [1.82, 2.24) is 19.7 Å². The molecule has 0 saturated carbocycles. The number of hydrogen-bond donors (Lipinski definition) is 1. The number of anilines is 1. The minimum absolute atomic E-state index is 0.00333. The Hall–Kier alpha value is -4.48. The summed E-state index contributed by atoms with van der Waals surface area (Å²) in [6.07, 6.45) is 4.28. The molecule has 2 amide bonds. The average molecular weight is 482 g/mol. The van der Waals surface area contributed by atoms with Gasteiger partial charge in [0, 0.05) is 25.5 Å². The largest absolute Gasteiger partial charge is 0.492 e. The fraction of sp³-hybridized carbons (Fsp3) is 0.304. The van der Waals surface area contributed by atoms with Gasteiger partial charge in [-0.25, -0.2) is 4.98 Å². The number of nitrogens with one attached hydrogen (secondary N) is 1. The number of hydrogen-bond acceptors (Lipinski definition) is 8. The van der Waals surface area contributed by atoms with Crippen molar-refractivity contribution in [3.8, 4) is 11.6 Å². The third-order valence-electron chi connectivity index (χ3n) is 4.87. The highest BCUT2D eigenvalue weighted by molar-refractivity contribution is 5.90. The number of pyridine rings is 1. The molecule has 0 aliphatic rings. The van der Waals surface area contributed by atoms with E-state index in [1.54, 1.807) is 11.9 Å². The zero-order valence-electron chi connectivity index (χ0n) is 19.4. The van der Waals surface area contributed by atoms with Crippen molar-refractivity contribution in [2.24, 2.45) is 0 Å². The first-order valence-corrected chi connectivity index (χ1v) is 10.8. The van der Waals surface area contributed by atoms with E-state index < -0.39 is 4.92 Å². The number of aromatic nitrogens is 3. The Morgan fingerprint density at radius 2 is 1.94 bits per heavy atom. The summed E-state index contributed by atoms with van der Waals surface area (Å²) in [5, 5.41) is 17.7. The molecule has 0 fully saturated rings. The Labute approximate surface area is 201 Å². The van der Waals surface area contributed by atoms with Crippen molar-refractivity contribution in [3.05, 3.63) is 70.7 Å². The lowest BCUT2D eigenvalue weighted by Crippen LogP contribution is -2.33. The van der Waals surface area contributed by atoms with Crippen LogP contribution in [0.2, 0.25) is 0 Å². The lowest BCUT2D eigenvalue weighted by molar-refractivity contribution is -0.386. The zero-order valence-corrected chi connectivity index (χ0v) is 19.4. The predicted octanol–water partition coefficient (Wildman–Crippen LogP) is 2.44. The molecule has 3 rings (SSSR count). The van der Waals surface area contributed by atoms with Gasteiger partial charge in [0.25, 0.3) is 5.88 Å². The van der Waals surface area contributed by atoms with Gasteiger partial charge in [0.15, 0.2) is 0 Å². The van der Waals surface area contributed by atoms with Gasteiger partial charge in [0.05, 0.1) is 36.4 Å². The van der Waals surface area contributed by atoms with E-state index in [1.807, 2.05) is 31.2 Å². The molecule has 0 aliphatic heterocycles. The maximum atomic E-state index is 12.4. The number of nitro groups is 1. The van der Waals surface area contributed by atoms with E-state index in [0.717, 1.165) is 11.3 Å². The number of likely N-dealkylation sites (N-methyl/N-ethyl adjacent to an activating group) is 1. The molecule has 2 aromatic heterocycles. The summed E-state index contributed by atoms with van der Waals surface area (Å²) >= 11 is 0. The third-order valence-corrected chi connectivity index (χ3v) is 4.87. The molecule has 35 heavy (non-hydrogen) atoms. The monoisotopic (exact) mass is 482 g/mol. The van der Waals surface area contributed by atoms with E-state index >= 15 is 0 Å². The van der Waals surface area contributed by atoms with Crippen molar-refractivity contribution < 1.29 is 24.0 Å². The molecule has 3 aromatic rings. The smallest absolute Gasteiger partial charge is 0.330 e. The Bertz CT molecular complexity index is 1160. The number of carbonyl (C=O) groups is 2. The van der Waals surface area contributed by atoms with Crippen molar-refractivity contribution in [2.75, 3.05) is 32.1 Å². The van der Waals surface area contributed by atoms with Crippen LogP contribution in [0.4, 0.5) is 11.4 Å². The Morgan fingerprint density at radius 3 is 2.69 bits per heavy atom. The molecule has 12 nitrogen and oxygen atoms in total. The molecule has 1 aromatic carbocycles. The summed E-state index contributed by atoms with van der Waals surface area (Å²) < 4.78 is 12.3. The SMILES string of the molecule is Cc1ccc(OCCN(C)C(=O)Cn2cc(NC(=O)CCOc3ncccc3[N+](=O)[O-])cn2)cc1. The first-order chi connectivity index (χ1) is 16.8. The molecule has 0 atom stereocenters. The number of benzene rings is 1. The van der Waals surface area contributed by atoms with Gasteiger partial charge in [0.2, 0.25) is 11.8 Å². The molecular formula is C23H26N6O6. The number of carbonyl (C=O) groups excluding carboxylic acids is 2. The molecule has 184 valence electrons. The van der Waals surface area contributed by atoms with Crippen LogP contribution >= 0.6 is 0 Å². The molecule has 12 heteroatoms. The zero-order chi connectivity index (χ0) is 25.2. The number of amides is 2. The van der Waals surface area contributed by atoms with Crippen LogP contribution in [0.3, 0.4) is 0 Å². The van der Waals surface area contributed by atoms with Gasteiger partial charge >= 0.3 is 5.69 Å². The van der Waals surface area contributed by atoms with E-state index in [-0.39, 0.29) is 43.0 Å². The fourth-order valence-electron chi connectivity index (χ4n) is 2.93. The maximum Gasteiger partial charge on any atom is 0.330 e. The molecule has 0 spiro atoms. The van der Waals surface area contributed by atoms with Gasteiger partial charge in [-0.3, -0.25) is 24.4 Å².